The molecule has 0 bridgehead atoms. The van der Waals surface area contributed by atoms with Crippen LogP contribution < -0.4 is 31.9 Å². The van der Waals surface area contributed by atoms with Crippen LogP contribution in [0.4, 0.5) is 0 Å². The third-order valence-corrected chi connectivity index (χ3v) is 22.0. The van der Waals surface area contributed by atoms with E-state index in [9.17, 15) is 9.59 Å². The summed E-state index contributed by atoms with van der Waals surface area (Å²) in [4.78, 5) is 36.2. The maximum absolute atomic E-state index is 11.3. The van der Waals surface area contributed by atoms with Gasteiger partial charge in [0.2, 0.25) is 11.8 Å². The van der Waals surface area contributed by atoms with Crippen LogP contribution in [0.1, 0.15) is 341 Å². The number of fused-ring (bicyclic) bond motifs is 1. The molecule has 1 heterocycles. The minimum absolute atomic E-state index is 0.00239. The number of hydrogen-bond donors (Lipinski definition) is 6. The Labute approximate surface area is 749 Å². The second-order valence-electron chi connectivity index (χ2n) is 29.6. The number of nitrogens with zero attached hydrogens (tertiary/aromatic N) is 20. The molecule has 12 atom stereocenters. The fourth-order valence-electron chi connectivity index (χ4n) is 17.0. The van der Waals surface area contributed by atoms with Crippen LogP contribution in [0.3, 0.4) is 0 Å². The van der Waals surface area contributed by atoms with E-state index in [2.05, 4.69) is 146 Å². The molecular weight excluding hydrogens is 1540 g/mol. The summed E-state index contributed by atoms with van der Waals surface area (Å²) in [6.07, 6.45) is 35.2. The Bertz CT molecular complexity index is 3010. The molecule has 12 unspecified atom stereocenters. The van der Waals surface area contributed by atoms with Gasteiger partial charge in [0.25, 0.3) is 0 Å². The Hall–Kier alpha value is -8.60. The minimum Gasteiger partial charge on any atom is -0.352 e. The molecule has 2 amide bonds. The van der Waals surface area contributed by atoms with Gasteiger partial charge in [-0.2, -0.15) is 73.7 Å². The van der Waals surface area contributed by atoms with Crippen molar-refractivity contribution in [3.63, 3.8) is 0 Å². The number of nitrogens with one attached hydrogen (secondary N) is 6. The first-order valence-corrected chi connectivity index (χ1v) is 47.4. The summed E-state index contributed by atoms with van der Waals surface area (Å²) in [5.41, 5.74) is 0. The fourth-order valence-corrected chi connectivity index (χ4v) is 17.0. The standard InChI is InChI=1S/C18H26N6.C15H23N5.C14H22N4O.C13H20N4.C12H20N4.C11H19N3O.6C2H6/c19-9-3-13-23(14-4-10-20)17-7-1-2-8-18(17)24(15-5-11-21)16-6-12-22;16-8-3-11-19-14-6-1-2-7-15(14)20(12-4-9-17)13-5-10-18;1-12(19)17-13-6-2-3-7-14(13)18(10-4-8-15)11-5-9-16;14-7-3-9-16-11-17(10-4-8-15)13-6-2-1-5-12(13)16;13-7-3-9-15-11-5-1-2-6-12(11)16-10-4-8-14;1-9(15)14-11-6-3-2-5-10(11)13-8-4-7-12;6*1-2/h17-18H,1-8,13-16H2;14-15,19H,1-7,11-13H2;13-14H,2-7,10-11H2,1H3,(H,17,19);12-13H,1-6,9-11H2;11-12,15-16H,1-6,9-10H2;10-11,13H,2-6,8H2,1H3,(H,14,15);6*1-2H3. The van der Waals surface area contributed by atoms with Crippen molar-refractivity contribution in [2.45, 2.75) is 413 Å². The zero-order valence-electron chi connectivity index (χ0n) is 79.2. The molecule has 0 radical (unpaired) electrons. The molecule has 0 spiro atoms. The number of carbonyl (C=O) groups is 2. The maximum atomic E-state index is 11.3. The minimum atomic E-state index is -0.00239. The van der Waals surface area contributed by atoms with E-state index in [-0.39, 0.29) is 29.9 Å². The molecular formula is C95H166N26O2. The summed E-state index contributed by atoms with van der Waals surface area (Å²) in [5.74, 6) is 0.0337. The van der Waals surface area contributed by atoms with Crippen molar-refractivity contribution in [3.8, 4) is 85.0 Å². The lowest BCUT2D eigenvalue weighted by Gasteiger charge is -2.44. The van der Waals surface area contributed by atoms with Crippen molar-refractivity contribution in [1.29, 1.82) is 73.7 Å². The number of rotatable bonds is 38. The average molecular weight is 1700 g/mol. The molecule has 28 nitrogen and oxygen atoms in total. The Morgan fingerprint density at radius 1 is 0.252 bits per heavy atom. The smallest absolute Gasteiger partial charge is 0.217 e. The molecule has 123 heavy (non-hydrogen) atoms. The largest absolute Gasteiger partial charge is 0.352 e. The van der Waals surface area contributed by atoms with Gasteiger partial charge in [-0.05, 0) is 77.0 Å². The van der Waals surface area contributed by atoms with E-state index in [4.69, 9.17) is 73.7 Å². The third kappa shape index (κ3) is 59.8. The second-order valence-corrected chi connectivity index (χ2v) is 29.6. The summed E-state index contributed by atoms with van der Waals surface area (Å²) in [5, 5.41) is 142. The van der Waals surface area contributed by atoms with E-state index in [1.54, 1.807) is 13.8 Å². The molecule has 7 rings (SSSR count). The van der Waals surface area contributed by atoms with Gasteiger partial charge in [0, 0.05) is 268 Å². The molecule has 1 aliphatic heterocycles. The molecule has 28 heteroatoms. The lowest BCUT2D eigenvalue weighted by molar-refractivity contribution is -0.121. The first-order valence-electron chi connectivity index (χ1n) is 47.4. The number of amides is 2. The maximum Gasteiger partial charge on any atom is 0.217 e. The van der Waals surface area contributed by atoms with Gasteiger partial charge in [0.15, 0.2) is 0 Å². The highest BCUT2D eigenvalue weighted by Gasteiger charge is 2.41. The van der Waals surface area contributed by atoms with Crippen molar-refractivity contribution in [1.82, 2.24) is 61.3 Å². The van der Waals surface area contributed by atoms with E-state index in [1.165, 1.54) is 77.0 Å². The van der Waals surface area contributed by atoms with Crippen LogP contribution >= 0.6 is 0 Å². The van der Waals surface area contributed by atoms with Crippen LogP contribution in [0.2, 0.25) is 0 Å². The Morgan fingerprint density at radius 3 is 0.715 bits per heavy atom. The van der Waals surface area contributed by atoms with Gasteiger partial charge in [0.1, 0.15) is 0 Å². The molecule has 6 saturated carbocycles. The van der Waals surface area contributed by atoms with Crippen LogP contribution in [-0.2, 0) is 9.59 Å². The van der Waals surface area contributed by atoms with Crippen LogP contribution in [0.5, 0.6) is 0 Å². The van der Waals surface area contributed by atoms with Crippen molar-refractivity contribution in [2.24, 2.45) is 0 Å². The van der Waals surface area contributed by atoms with Crippen molar-refractivity contribution < 1.29 is 9.59 Å². The zero-order chi connectivity index (χ0) is 93.2. The quantitative estimate of drug-likeness (QED) is 0.0313. The van der Waals surface area contributed by atoms with E-state index >= 15 is 0 Å². The summed E-state index contributed by atoms with van der Waals surface area (Å²) < 4.78 is 0. The van der Waals surface area contributed by atoms with Gasteiger partial charge in [-0.25, -0.2) is 0 Å². The van der Waals surface area contributed by atoms with Gasteiger partial charge in [-0.1, -0.05) is 160 Å². The predicted octanol–water partition coefficient (Wildman–Crippen LogP) is 16.1. The topological polar surface area (TPSA) is 459 Å². The van der Waals surface area contributed by atoms with Crippen molar-refractivity contribution in [2.75, 3.05) is 98.3 Å². The molecule has 6 N–H and O–H groups in total. The Balaban J connectivity index is -0.000000443. The molecule has 688 valence electrons. The molecule has 6 aliphatic carbocycles. The SMILES string of the molecule is CC.CC.CC.CC.CC.CC.CC(=O)NC1CCCCC1N(CCC#N)CCC#N.CC(=O)NC1CCCCC1NCCC#N.N#CCCN(CCC#N)C1CCCCC1N(CCC#N)CCC#N.N#CCCN1CN(CCC#N)C2CCCCC21.N#CCCNC1CCCCC1N(CCC#N)CCC#N.N#CCCNC1CCCCC1NCCC#N. The van der Waals surface area contributed by atoms with Gasteiger partial charge in [-0.3, -0.25) is 39.0 Å². The monoisotopic (exact) mass is 1700 g/mol. The van der Waals surface area contributed by atoms with Crippen molar-refractivity contribution in [3.05, 3.63) is 0 Å². The summed E-state index contributed by atoms with van der Waals surface area (Å²) >= 11 is 0. The first-order chi connectivity index (χ1) is 60.3. The van der Waals surface area contributed by atoms with E-state index in [0.29, 0.717) is 184 Å². The number of nitriles is 14. The van der Waals surface area contributed by atoms with Crippen LogP contribution in [0.25, 0.3) is 0 Å². The average Bonchev–Trinajstić information content (AvgIpc) is 1.67. The summed E-state index contributed by atoms with van der Waals surface area (Å²) in [6.45, 7) is 38.4. The number of hydrogen-bond acceptors (Lipinski definition) is 26. The van der Waals surface area contributed by atoms with Crippen LogP contribution in [0, 0.1) is 159 Å². The van der Waals surface area contributed by atoms with Crippen molar-refractivity contribution >= 4 is 11.8 Å². The van der Waals surface area contributed by atoms with Gasteiger partial charge in [0.05, 0.1) is 91.6 Å². The molecule has 0 aromatic carbocycles. The molecule has 0 aromatic rings. The number of carbonyl (C=O) groups excluding carboxylic acids is 2. The van der Waals surface area contributed by atoms with E-state index in [0.717, 1.165) is 136 Å². The molecule has 0 aromatic heterocycles. The molecule has 7 fully saturated rings. The zero-order valence-corrected chi connectivity index (χ0v) is 79.2. The Morgan fingerprint density at radius 2 is 0.447 bits per heavy atom. The lowest BCUT2D eigenvalue weighted by Crippen LogP contribution is -2.54. The molecule has 7 aliphatic rings. The Kier molecular flexibility index (Phi) is 92.5. The normalized spacial score (nSPS) is 21.7. The van der Waals surface area contributed by atoms with E-state index in [1.807, 2.05) is 83.1 Å². The highest BCUT2D eigenvalue weighted by molar-refractivity contribution is 5.73. The highest BCUT2D eigenvalue weighted by atomic mass is 16.2. The van der Waals surface area contributed by atoms with Gasteiger partial charge < -0.3 is 31.9 Å². The highest BCUT2D eigenvalue weighted by Crippen LogP contribution is 2.34. The summed E-state index contributed by atoms with van der Waals surface area (Å²) in [6, 6.07) is 35.2. The van der Waals surface area contributed by atoms with Gasteiger partial charge in [-0.15, -0.1) is 0 Å². The van der Waals surface area contributed by atoms with Gasteiger partial charge >= 0.3 is 0 Å². The summed E-state index contributed by atoms with van der Waals surface area (Å²) in [7, 11) is 0. The third-order valence-electron chi connectivity index (χ3n) is 22.0. The van der Waals surface area contributed by atoms with Crippen LogP contribution in [0.15, 0.2) is 0 Å². The predicted molar refractivity (Wildman–Crippen MR) is 492 cm³/mol. The second kappa shape index (κ2) is 92.6. The fraction of sp³-hybridized carbons (Fsp3) is 0.832. The first kappa shape index (κ1) is 123. The van der Waals surface area contributed by atoms with E-state index < -0.39 is 0 Å². The van der Waals surface area contributed by atoms with Crippen LogP contribution in [-0.4, -0.2) is 212 Å². The lowest BCUT2D eigenvalue weighted by atomic mass is 9.87. The molecule has 1 saturated heterocycles.